The molecule has 1 saturated heterocycles. The van der Waals surface area contributed by atoms with Crippen LogP contribution in [0, 0.1) is 10.1 Å². The molecule has 1 amide bonds. The van der Waals surface area contributed by atoms with E-state index < -0.39 is 4.92 Å². The highest BCUT2D eigenvalue weighted by Gasteiger charge is 2.22. The highest BCUT2D eigenvalue weighted by atomic mass is 16.6. The molecule has 0 saturated carbocycles. The molecule has 1 aromatic heterocycles. The van der Waals surface area contributed by atoms with Crippen LogP contribution in [0.3, 0.4) is 0 Å². The minimum atomic E-state index is -0.457. The fourth-order valence-electron chi connectivity index (χ4n) is 4.32. The Labute approximate surface area is 193 Å². The van der Waals surface area contributed by atoms with E-state index in [4.69, 9.17) is 0 Å². The Kier molecular flexibility index (Phi) is 7.36. The molecule has 0 atom stereocenters. The Balaban J connectivity index is 1.34. The van der Waals surface area contributed by atoms with Crippen LogP contribution in [0.25, 0.3) is 0 Å². The van der Waals surface area contributed by atoms with E-state index in [1.54, 1.807) is 24.4 Å². The standard InChI is InChI=1S/C25H27N5O3/c31-25(7-4-16-28-17-13-21(14-18-28)20-5-2-1-3-6-20)29(24-12-15-26-19-27-24)22-8-10-23(11-9-22)30(32)33/h1-3,5-6,8-12,15,19,21H,4,7,13-14,16-18H2. The number of hydrogen-bond acceptors (Lipinski definition) is 6. The molecule has 170 valence electrons. The van der Waals surface area contributed by atoms with E-state index in [9.17, 15) is 14.9 Å². The van der Waals surface area contributed by atoms with Gasteiger partial charge in [0.1, 0.15) is 12.1 Å². The number of benzene rings is 2. The van der Waals surface area contributed by atoms with Crippen LogP contribution in [0.1, 0.15) is 37.2 Å². The maximum Gasteiger partial charge on any atom is 0.269 e. The van der Waals surface area contributed by atoms with Gasteiger partial charge in [0.25, 0.3) is 5.69 Å². The Morgan fingerprint density at radius 1 is 1.06 bits per heavy atom. The molecule has 1 aliphatic rings. The van der Waals surface area contributed by atoms with Crippen LogP contribution in [0.4, 0.5) is 17.2 Å². The third kappa shape index (κ3) is 5.78. The molecule has 0 radical (unpaired) electrons. The number of rotatable bonds is 8. The molecule has 1 fully saturated rings. The van der Waals surface area contributed by atoms with Crippen LogP contribution < -0.4 is 4.90 Å². The van der Waals surface area contributed by atoms with Crippen molar-refractivity contribution in [2.24, 2.45) is 0 Å². The molecule has 8 heteroatoms. The molecule has 0 aliphatic carbocycles. The van der Waals surface area contributed by atoms with E-state index in [1.807, 2.05) is 0 Å². The van der Waals surface area contributed by atoms with Gasteiger partial charge in [0.15, 0.2) is 0 Å². The number of piperidine rings is 1. The number of amides is 1. The molecule has 8 nitrogen and oxygen atoms in total. The minimum absolute atomic E-state index is 0.0206. The molecule has 0 bridgehead atoms. The molecule has 0 spiro atoms. The van der Waals surface area contributed by atoms with Crippen molar-refractivity contribution < 1.29 is 9.72 Å². The summed E-state index contributed by atoms with van der Waals surface area (Å²) in [6.45, 7) is 2.93. The number of nitro groups is 1. The van der Waals surface area contributed by atoms with Gasteiger partial charge in [-0.2, -0.15) is 0 Å². The first-order valence-electron chi connectivity index (χ1n) is 11.2. The van der Waals surface area contributed by atoms with E-state index in [-0.39, 0.29) is 11.6 Å². The zero-order valence-electron chi connectivity index (χ0n) is 18.4. The molecule has 33 heavy (non-hydrogen) atoms. The molecular formula is C25H27N5O3. The van der Waals surface area contributed by atoms with Gasteiger partial charge in [-0.1, -0.05) is 30.3 Å². The van der Waals surface area contributed by atoms with Gasteiger partial charge in [-0.3, -0.25) is 19.8 Å². The van der Waals surface area contributed by atoms with Crippen molar-refractivity contribution in [2.75, 3.05) is 24.5 Å². The van der Waals surface area contributed by atoms with Crippen molar-refractivity contribution in [1.29, 1.82) is 0 Å². The first-order chi connectivity index (χ1) is 16.1. The van der Waals surface area contributed by atoms with Gasteiger partial charge >= 0.3 is 0 Å². The largest absolute Gasteiger partial charge is 0.303 e. The summed E-state index contributed by atoms with van der Waals surface area (Å²) >= 11 is 0. The number of likely N-dealkylation sites (tertiary alicyclic amines) is 1. The lowest BCUT2D eigenvalue weighted by molar-refractivity contribution is -0.384. The van der Waals surface area contributed by atoms with E-state index in [0.717, 1.165) is 38.9 Å². The van der Waals surface area contributed by atoms with Crippen molar-refractivity contribution in [3.05, 3.63) is 88.9 Å². The second-order valence-electron chi connectivity index (χ2n) is 8.20. The lowest BCUT2D eigenvalue weighted by Crippen LogP contribution is -2.34. The summed E-state index contributed by atoms with van der Waals surface area (Å²) in [6, 6.07) is 18.3. The van der Waals surface area contributed by atoms with Crippen LogP contribution in [0.5, 0.6) is 0 Å². The molecule has 0 unspecified atom stereocenters. The maximum absolute atomic E-state index is 13.2. The zero-order valence-corrected chi connectivity index (χ0v) is 18.4. The Morgan fingerprint density at radius 3 is 2.42 bits per heavy atom. The number of carbonyl (C=O) groups is 1. The summed E-state index contributed by atoms with van der Waals surface area (Å²) < 4.78 is 0. The molecule has 4 rings (SSSR count). The minimum Gasteiger partial charge on any atom is -0.303 e. The van der Waals surface area contributed by atoms with Crippen LogP contribution in [-0.4, -0.2) is 45.3 Å². The molecular weight excluding hydrogens is 418 g/mol. The number of aromatic nitrogens is 2. The van der Waals surface area contributed by atoms with Crippen molar-refractivity contribution in [1.82, 2.24) is 14.9 Å². The topological polar surface area (TPSA) is 92.5 Å². The van der Waals surface area contributed by atoms with Gasteiger partial charge in [0.2, 0.25) is 5.91 Å². The number of nitro benzene ring substituents is 1. The first-order valence-corrected chi connectivity index (χ1v) is 11.2. The molecule has 0 N–H and O–H groups in total. The Hall–Kier alpha value is -3.65. The summed E-state index contributed by atoms with van der Waals surface area (Å²) in [5, 5.41) is 11.0. The normalized spacial score (nSPS) is 14.7. The van der Waals surface area contributed by atoms with E-state index in [2.05, 4.69) is 45.2 Å². The quantitative estimate of drug-likeness (QED) is 0.368. The van der Waals surface area contributed by atoms with Gasteiger partial charge in [0, 0.05) is 24.8 Å². The zero-order chi connectivity index (χ0) is 23.0. The monoisotopic (exact) mass is 445 g/mol. The SMILES string of the molecule is O=C(CCCN1CCC(c2ccccc2)CC1)N(c1ccc([N+](=O)[O-])cc1)c1ccncn1. The fraction of sp³-hybridized carbons (Fsp3) is 0.320. The van der Waals surface area contributed by atoms with E-state index in [1.165, 1.54) is 28.9 Å². The molecule has 2 aromatic carbocycles. The van der Waals surface area contributed by atoms with Crippen LogP contribution in [0.2, 0.25) is 0 Å². The highest BCUT2D eigenvalue weighted by molar-refractivity contribution is 5.99. The molecule has 3 aromatic rings. The number of anilines is 2. The number of non-ortho nitro benzene ring substituents is 1. The van der Waals surface area contributed by atoms with Crippen LogP contribution >= 0.6 is 0 Å². The van der Waals surface area contributed by atoms with Gasteiger partial charge < -0.3 is 4.90 Å². The smallest absolute Gasteiger partial charge is 0.269 e. The lowest BCUT2D eigenvalue weighted by atomic mass is 9.89. The Bertz CT molecular complexity index is 1050. The summed E-state index contributed by atoms with van der Waals surface area (Å²) in [6.07, 6.45) is 6.33. The first kappa shape index (κ1) is 22.5. The average Bonchev–Trinajstić information content (AvgIpc) is 2.86. The fourth-order valence-corrected chi connectivity index (χ4v) is 4.32. The molecule has 1 aliphatic heterocycles. The Morgan fingerprint density at radius 2 is 1.79 bits per heavy atom. The highest BCUT2D eigenvalue weighted by Crippen LogP contribution is 2.29. The number of nitrogens with zero attached hydrogens (tertiary/aromatic N) is 5. The van der Waals surface area contributed by atoms with E-state index in [0.29, 0.717) is 23.8 Å². The van der Waals surface area contributed by atoms with Crippen molar-refractivity contribution >= 4 is 23.1 Å². The van der Waals surface area contributed by atoms with Gasteiger partial charge in [-0.15, -0.1) is 0 Å². The van der Waals surface area contributed by atoms with Crippen LogP contribution in [0.15, 0.2) is 73.2 Å². The third-order valence-electron chi connectivity index (χ3n) is 6.09. The van der Waals surface area contributed by atoms with Crippen molar-refractivity contribution in [3.8, 4) is 0 Å². The van der Waals surface area contributed by atoms with Gasteiger partial charge in [0.05, 0.1) is 10.6 Å². The van der Waals surface area contributed by atoms with Crippen LogP contribution in [-0.2, 0) is 4.79 Å². The average molecular weight is 446 g/mol. The van der Waals surface area contributed by atoms with Gasteiger partial charge in [-0.25, -0.2) is 9.97 Å². The van der Waals surface area contributed by atoms with Gasteiger partial charge in [-0.05, 0) is 68.6 Å². The number of carbonyl (C=O) groups excluding carboxylic acids is 1. The lowest BCUT2D eigenvalue weighted by Gasteiger charge is -2.32. The van der Waals surface area contributed by atoms with Crippen molar-refractivity contribution in [2.45, 2.75) is 31.6 Å². The summed E-state index contributed by atoms with van der Waals surface area (Å²) in [7, 11) is 0. The molecule has 2 heterocycles. The second kappa shape index (κ2) is 10.8. The predicted molar refractivity (Wildman–Crippen MR) is 126 cm³/mol. The predicted octanol–water partition coefficient (Wildman–Crippen LogP) is 4.71. The second-order valence-corrected chi connectivity index (χ2v) is 8.20. The summed E-state index contributed by atoms with van der Waals surface area (Å²) in [5.41, 5.74) is 1.94. The summed E-state index contributed by atoms with van der Waals surface area (Å²) in [5.74, 6) is 0.966. The van der Waals surface area contributed by atoms with E-state index >= 15 is 0 Å². The number of hydrogen-bond donors (Lipinski definition) is 0. The third-order valence-corrected chi connectivity index (χ3v) is 6.09. The van der Waals surface area contributed by atoms with Crippen molar-refractivity contribution in [3.63, 3.8) is 0 Å². The maximum atomic E-state index is 13.2. The summed E-state index contributed by atoms with van der Waals surface area (Å²) in [4.78, 5) is 35.8.